The summed E-state index contributed by atoms with van der Waals surface area (Å²) < 4.78 is 40.7. The number of sulfonamides is 1. The van der Waals surface area contributed by atoms with E-state index in [-0.39, 0.29) is 62.9 Å². The predicted molar refractivity (Wildman–Crippen MR) is 213 cm³/mol. The highest BCUT2D eigenvalue weighted by Crippen LogP contribution is 2.58. The van der Waals surface area contributed by atoms with E-state index in [0.29, 0.717) is 44.3 Å². The van der Waals surface area contributed by atoms with Gasteiger partial charge in [0.05, 0.1) is 40.4 Å². The Morgan fingerprint density at radius 2 is 1.73 bits per heavy atom. The smallest absolute Gasteiger partial charge is 0.306 e. The fourth-order valence-corrected chi connectivity index (χ4v) is 11.1. The number of rotatable bonds is 6. The Labute approximate surface area is 331 Å². The van der Waals surface area contributed by atoms with Gasteiger partial charge in [0.2, 0.25) is 21.8 Å². The number of Topliss-reactive ketones (excluding diaryl/α,β-unsaturated/α-hetero) is 1. The predicted octanol–water partition coefficient (Wildman–Crippen LogP) is 7.21. The standard InChI is InChI=1S/C43H55N3O8S.CH4/c1-28-38-33(32-17-11-12-18-34(32)44-28)19-20-42(54-38)25-35-36(47)26-43(40(50)45-55(51,52)41(2)21-22-41)24-30(43)14-8-5-3-4-7-13-29(39(49)46(35)27-42)23-37(48)53-31-15-9-6-10-16-31;/h8,11-12,14,17-18,29-31,35H,3-7,9-10,13,15-16,19-27H2,1-2H3,(H,45,50);1H4/b14-8-;/t29-,30-,35+,42-,43-;/m1./s1. The van der Waals surface area contributed by atoms with E-state index < -0.39 is 43.7 Å². The van der Waals surface area contributed by atoms with Crippen molar-refractivity contribution in [3.8, 4) is 5.75 Å². The van der Waals surface area contributed by atoms with Crippen LogP contribution in [0.1, 0.15) is 135 Å². The van der Waals surface area contributed by atoms with Crippen LogP contribution < -0.4 is 9.46 Å². The van der Waals surface area contributed by atoms with Crippen molar-refractivity contribution in [2.24, 2.45) is 17.3 Å². The number of benzene rings is 1. The first-order valence-electron chi connectivity index (χ1n) is 20.7. The lowest BCUT2D eigenvalue weighted by Gasteiger charge is -2.36. The van der Waals surface area contributed by atoms with Gasteiger partial charge >= 0.3 is 5.97 Å². The van der Waals surface area contributed by atoms with Gasteiger partial charge in [-0.05, 0) is 103 Å². The Kier molecular flexibility index (Phi) is 11.2. The summed E-state index contributed by atoms with van der Waals surface area (Å²) in [6.45, 7) is 3.72. The largest absolute Gasteiger partial charge is 0.483 e. The molecule has 0 unspecified atom stereocenters. The molecule has 12 heteroatoms. The summed E-state index contributed by atoms with van der Waals surface area (Å²) in [6, 6.07) is 7.06. The van der Waals surface area contributed by atoms with Gasteiger partial charge in [0.25, 0.3) is 0 Å². The third-order valence-corrected chi connectivity index (χ3v) is 15.8. The molecular formula is C44H59N3O8S. The van der Waals surface area contributed by atoms with Crippen LogP contribution in [0.2, 0.25) is 0 Å². The van der Waals surface area contributed by atoms with Crippen LogP contribution in [0.15, 0.2) is 36.4 Å². The molecule has 1 spiro atoms. The van der Waals surface area contributed by atoms with Crippen LogP contribution in [-0.2, 0) is 40.4 Å². The fourth-order valence-electron chi connectivity index (χ4n) is 9.73. The molecule has 1 N–H and O–H groups in total. The van der Waals surface area contributed by atoms with Gasteiger partial charge in [-0.3, -0.25) is 23.9 Å². The van der Waals surface area contributed by atoms with E-state index >= 15 is 0 Å². The molecule has 0 radical (unpaired) electrons. The molecular weight excluding hydrogens is 731 g/mol. The summed E-state index contributed by atoms with van der Waals surface area (Å²) in [6.07, 6.45) is 15.0. The summed E-state index contributed by atoms with van der Waals surface area (Å²) in [5.74, 6) is -1.83. The lowest BCUT2D eigenvalue weighted by molar-refractivity contribution is -0.155. The maximum Gasteiger partial charge on any atom is 0.306 e. The van der Waals surface area contributed by atoms with Crippen LogP contribution in [0.25, 0.3) is 10.9 Å². The van der Waals surface area contributed by atoms with E-state index in [9.17, 15) is 27.6 Å². The third kappa shape index (κ3) is 7.75. The molecule has 3 aliphatic heterocycles. The number of fused-ring (bicyclic) bond motifs is 5. The normalized spacial score (nSPS) is 31.0. The maximum absolute atomic E-state index is 14.9. The highest BCUT2D eigenvalue weighted by atomic mass is 32.2. The summed E-state index contributed by atoms with van der Waals surface area (Å²) in [7, 11) is -3.93. The van der Waals surface area contributed by atoms with Gasteiger partial charge in [-0.1, -0.05) is 57.0 Å². The van der Waals surface area contributed by atoms with Gasteiger partial charge in [0, 0.05) is 29.7 Å². The van der Waals surface area contributed by atoms with Crippen molar-refractivity contribution in [3.63, 3.8) is 0 Å². The quantitative estimate of drug-likeness (QED) is 0.237. The van der Waals surface area contributed by atoms with Crippen molar-refractivity contribution in [1.29, 1.82) is 0 Å². The number of para-hydroxylation sites is 1. The van der Waals surface area contributed by atoms with Gasteiger partial charge in [-0.15, -0.1) is 0 Å². The van der Waals surface area contributed by atoms with Gasteiger partial charge in [0.1, 0.15) is 17.5 Å². The SMILES string of the molecule is C.Cc1nc2ccccc2c2c1O[C@]1(CC2)C[C@H]2C(=O)C[C@]3(C(=O)NS(=O)(=O)C4(C)CC4)C[C@H]3/C=C\CCCCC[C@H](CC(=O)OC3CCCCC3)C(=O)N2C1. The zero-order valence-corrected chi connectivity index (χ0v) is 33.1. The number of hydrogen-bond acceptors (Lipinski definition) is 9. The summed E-state index contributed by atoms with van der Waals surface area (Å²) >= 11 is 0. The number of nitrogens with one attached hydrogen (secondary N) is 1. The van der Waals surface area contributed by atoms with Crippen molar-refractivity contribution in [2.75, 3.05) is 6.54 Å². The van der Waals surface area contributed by atoms with E-state index in [2.05, 4.69) is 4.72 Å². The molecule has 1 aromatic carbocycles. The lowest BCUT2D eigenvalue weighted by atomic mass is 9.85. The van der Waals surface area contributed by atoms with Crippen LogP contribution in [0.3, 0.4) is 0 Å². The molecule has 56 heavy (non-hydrogen) atoms. The molecule has 1 aromatic heterocycles. The number of hydrogen-bond donors (Lipinski definition) is 1. The van der Waals surface area contributed by atoms with Gasteiger partial charge in [-0.25, -0.2) is 13.4 Å². The van der Waals surface area contributed by atoms with E-state index in [0.717, 1.165) is 79.9 Å². The van der Waals surface area contributed by atoms with Gasteiger partial charge < -0.3 is 14.4 Å². The molecule has 1 saturated heterocycles. The van der Waals surface area contributed by atoms with Crippen LogP contribution >= 0.6 is 0 Å². The topological polar surface area (TPSA) is 149 Å². The van der Waals surface area contributed by atoms with Crippen molar-refractivity contribution >= 4 is 44.5 Å². The number of aromatic nitrogens is 1. The molecule has 3 saturated carbocycles. The highest BCUT2D eigenvalue weighted by molar-refractivity contribution is 7.91. The molecule has 304 valence electrons. The van der Waals surface area contributed by atoms with E-state index in [1.807, 2.05) is 43.3 Å². The summed E-state index contributed by atoms with van der Waals surface area (Å²) in [5.41, 5.74) is 0.595. The Morgan fingerprint density at radius 3 is 2.50 bits per heavy atom. The number of ketones is 1. The van der Waals surface area contributed by atoms with Crippen LogP contribution in [0.5, 0.6) is 5.75 Å². The Balaban J connectivity index is 0.00000480. The number of nitrogens with zero attached hydrogens (tertiary/aromatic N) is 2. The Bertz CT molecular complexity index is 2020. The van der Waals surface area contributed by atoms with E-state index in [1.165, 1.54) is 0 Å². The van der Waals surface area contributed by atoms with E-state index in [1.54, 1.807) is 11.8 Å². The molecule has 5 atom stereocenters. The molecule has 2 aromatic rings. The van der Waals surface area contributed by atoms with Crippen LogP contribution in [0, 0.1) is 24.2 Å². The average molecular weight is 790 g/mol. The molecule has 8 rings (SSSR count). The minimum atomic E-state index is -3.93. The van der Waals surface area contributed by atoms with Gasteiger partial charge in [-0.2, -0.15) is 0 Å². The lowest BCUT2D eigenvalue weighted by Crippen LogP contribution is -2.48. The molecule has 4 heterocycles. The zero-order chi connectivity index (χ0) is 38.6. The van der Waals surface area contributed by atoms with Crippen LogP contribution in [-0.4, -0.2) is 70.9 Å². The molecule has 11 nitrogen and oxygen atoms in total. The second kappa shape index (κ2) is 15.5. The summed E-state index contributed by atoms with van der Waals surface area (Å²) in [5, 5.41) is 1.02. The maximum atomic E-state index is 14.9. The van der Waals surface area contributed by atoms with E-state index in [4.69, 9.17) is 14.5 Å². The number of aryl methyl sites for hydroxylation is 2. The number of amides is 2. The summed E-state index contributed by atoms with van der Waals surface area (Å²) in [4.78, 5) is 63.6. The average Bonchev–Trinajstić information content (AvgIpc) is 4.05. The first kappa shape index (κ1) is 40.4. The number of esters is 1. The minimum Gasteiger partial charge on any atom is -0.483 e. The highest BCUT2D eigenvalue weighted by Gasteiger charge is 2.63. The molecule has 3 aliphatic carbocycles. The molecule has 2 amide bonds. The Morgan fingerprint density at radius 1 is 1.00 bits per heavy atom. The zero-order valence-electron chi connectivity index (χ0n) is 32.3. The second-order valence-corrected chi connectivity index (χ2v) is 19.9. The number of pyridine rings is 1. The van der Waals surface area contributed by atoms with Crippen molar-refractivity contribution in [3.05, 3.63) is 47.7 Å². The minimum absolute atomic E-state index is 0. The first-order valence-corrected chi connectivity index (χ1v) is 22.1. The molecule has 6 aliphatic rings. The van der Waals surface area contributed by atoms with Gasteiger partial charge in [0.15, 0.2) is 5.78 Å². The molecule has 0 bridgehead atoms. The number of ether oxygens (including phenoxy) is 2. The fraction of sp³-hybridized carbons (Fsp3) is 0.659. The molecule has 4 fully saturated rings. The van der Waals surface area contributed by atoms with Crippen molar-refractivity contribution in [1.82, 2.24) is 14.6 Å². The first-order chi connectivity index (χ1) is 26.3. The Hall–Kier alpha value is -3.80. The number of carbonyl (C=O) groups is 4. The van der Waals surface area contributed by atoms with Crippen molar-refractivity contribution < 1.29 is 37.1 Å². The number of carbonyl (C=O) groups excluding carboxylic acids is 4. The number of allylic oxidation sites excluding steroid dienone is 2. The monoisotopic (exact) mass is 789 g/mol. The van der Waals surface area contributed by atoms with Crippen LogP contribution in [0.4, 0.5) is 0 Å². The van der Waals surface area contributed by atoms with Crippen molar-refractivity contribution in [2.45, 2.75) is 159 Å². The third-order valence-electron chi connectivity index (χ3n) is 13.6. The second-order valence-electron chi connectivity index (χ2n) is 17.7.